The first-order valence-corrected chi connectivity index (χ1v) is 6.09. The number of H-pyrrole nitrogens is 1. The molecule has 84 valence electrons. The minimum absolute atomic E-state index is 0.612. The molecule has 0 saturated heterocycles. The zero-order valence-electron chi connectivity index (χ0n) is 9.37. The lowest BCUT2D eigenvalue weighted by molar-refractivity contribution is 0.431. The molecule has 1 aromatic heterocycles. The molecule has 1 aliphatic carbocycles. The number of benzene rings is 1. The van der Waals surface area contributed by atoms with E-state index in [1.807, 2.05) is 18.2 Å². The Labute approximate surface area is 95.1 Å². The fraction of sp³-hybridized carbons (Fsp3) is 0.462. The number of para-hydroxylation sites is 1. The van der Waals surface area contributed by atoms with Gasteiger partial charge in [-0.2, -0.15) is 0 Å². The van der Waals surface area contributed by atoms with E-state index in [2.05, 4.69) is 9.97 Å². The molecule has 1 aromatic carbocycles. The number of anilines is 1. The van der Waals surface area contributed by atoms with Crippen molar-refractivity contribution in [3.05, 3.63) is 24.0 Å². The van der Waals surface area contributed by atoms with Crippen LogP contribution in [0.1, 0.15) is 43.8 Å². The zero-order chi connectivity index (χ0) is 11.0. The lowest BCUT2D eigenvalue weighted by atomic mass is 9.89. The Kier molecular flexibility index (Phi) is 2.31. The van der Waals surface area contributed by atoms with Gasteiger partial charge in [-0.05, 0) is 25.0 Å². The Morgan fingerprint density at radius 2 is 2.00 bits per heavy atom. The SMILES string of the molecule is Nc1cccc2[nH]c(C3CCCCC3)nc12. The number of fused-ring (bicyclic) bond motifs is 1. The third-order valence-corrected chi connectivity index (χ3v) is 3.55. The number of nitrogens with one attached hydrogen (secondary N) is 1. The van der Waals surface area contributed by atoms with E-state index < -0.39 is 0 Å². The summed E-state index contributed by atoms with van der Waals surface area (Å²) >= 11 is 0. The highest BCUT2D eigenvalue weighted by molar-refractivity contribution is 5.86. The molecule has 3 N–H and O–H groups in total. The predicted molar refractivity (Wildman–Crippen MR) is 66.3 cm³/mol. The van der Waals surface area contributed by atoms with Crippen molar-refractivity contribution in [2.75, 3.05) is 5.73 Å². The van der Waals surface area contributed by atoms with E-state index in [-0.39, 0.29) is 0 Å². The summed E-state index contributed by atoms with van der Waals surface area (Å²) in [7, 11) is 0. The van der Waals surface area contributed by atoms with Crippen LogP contribution in [0.2, 0.25) is 0 Å². The summed E-state index contributed by atoms with van der Waals surface area (Å²) in [6.07, 6.45) is 6.56. The van der Waals surface area contributed by atoms with Crippen LogP contribution >= 0.6 is 0 Å². The van der Waals surface area contributed by atoms with Crippen molar-refractivity contribution in [1.82, 2.24) is 9.97 Å². The van der Waals surface area contributed by atoms with Crippen molar-refractivity contribution in [3.63, 3.8) is 0 Å². The van der Waals surface area contributed by atoms with Crippen LogP contribution in [0, 0.1) is 0 Å². The molecule has 1 heterocycles. The van der Waals surface area contributed by atoms with Crippen LogP contribution in [0.3, 0.4) is 0 Å². The molecule has 3 rings (SSSR count). The van der Waals surface area contributed by atoms with Crippen molar-refractivity contribution >= 4 is 16.7 Å². The smallest absolute Gasteiger partial charge is 0.111 e. The van der Waals surface area contributed by atoms with Crippen LogP contribution in [0.25, 0.3) is 11.0 Å². The lowest BCUT2D eigenvalue weighted by Crippen LogP contribution is -2.05. The largest absolute Gasteiger partial charge is 0.397 e. The van der Waals surface area contributed by atoms with Gasteiger partial charge in [-0.1, -0.05) is 25.3 Å². The van der Waals surface area contributed by atoms with E-state index >= 15 is 0 Å². The van der Waals surface area contributed by atoms with Gasteiger partial charge >= 0.3 is 0 Å². The summed E-state index contributed by atoms with van der Waals surface area (Å²) in [5, 5.41) is 0. The second-order valence-corrected chi connectivity index (χ2v) is 4.70. The van der Waals surface area contributed by atoms with Gasteiger partial charge < -0.3 is 10.7 Å². The summed E-state index contributed by atoms with van der Waals surface area (Å²) in [5.41, 5.74) is 8.69. The van der Waals surface area contributed by atoms with Crippen LogP contribution < -0.4 is 5.73 Å². The first-order chi connectivity index (χ1) is 7.84. The summed E-state index contributed by atoms with van der Waals surface area (Å²) in [6, 6.07) is 5.93. The van der Waals surface area contributed by atoms with Crippen molar-refractivity contribution < 1.29 is 0 Å². The van der Waals surface area contributed by atoms with Crippen molar-refractivity contribution in [2.45, 2.75) is 38.0 Å². The zero-order valence-corrected chi connectivity index (χ0v) is 9.37. The van der Waals surface area contributed by atoms with Gasteiger partial charge in [0, 0.05) is 5.92 Å². The van der Waals surface area contributed by atoms with E-state index in [0.717, 1.165) is 22.5 Å². The number of hydrogen-bond donors (Lipinski definition) is 2. The molecule has 2 aromatic rings. The van der Waals surface area contributed by atoms with Gasteiger partial charge in [-0.3, -0.25) is 0 Å². The standard InChI is InChI=1S/C13H17N3/c14-10-7-4-8-11-12(10)16-13(15-11)9-5-2-1-3-6-9/h4,7-9H,1-3,5-6,14H2,(H,15,16). The summed E-state index contributed by atoms with van der Waals surface area (Å²) < 4.78 is 0. The van der Waals surface area contributed by atoms with E-state index in [1.54, 1.807) is 0 Å². The van der Waals surface area contributed by atoms with Gasteiger partial charge in [-0.15, -0.1) is 0 Å². The van der Waals surface area contributed by atoms with Crippen LogP contribution in [0.15, 0.2) is 18.2 Å². The number of aromatic amines is 1. The third kappa shape index (κ3) is 1.56. The van der Waals surface area contributed by atoms with Crippen LogP contribution in [-0.4, -0.2) is 9.97 Å². The molecule has 1 fully saturated rings. The van der Waals surface area contributed by atoms with Crippen LogP contribution in [-0.2, 0) is 0 Å². The minimum Gasteiger partial charge on any atom is -0.397 e. The summed E-state index contributed by atoms with van der Waals surface area (Å²) in [5.74, 6) is 1.74. The van der Waals surface area contributed by atoms with Gasteiger partial charge in [0.15, 0.2) is 0 Å². The Bertz CT molecular complexity index is 495. The number of nitrogens with two attached hydrogens (primary N) is 1. The fourth-order valence-corrected chi connectivity index (χ4v) is 2.64. The minimum atomic E-state index is 0.612. The maximum Gasteiger partial charge on any atom is 0.111 e. The van der Waals surface area contributed by atoms with Gasteiger partial charge in [-0.25, -0.2) is 4.98 Å². The van der Waals surface area contributed by atoms with Crippen molar-refractivity contribution in [1.29, 1.82) is 0 Å². The normalized spacial score (nSPS) is 18.0. The highest BCUT2D eigenvalue weighted by atomic mass is 14.9. The first kappa shape index (κ1) is 9.70. The summed E-state index contributed by atoms with van der Waals surface area (Å²) in [4.78, 5) is 8.07. The van der Waals surface area contributed by atoms with E-state index in [1.165, 1.54) is 32.1 Å². The molecule has 3 heteroatoms. The van der Waals surface area contributed by atoms with E-state index in [0.29, 0.717) is 5.92 Å². The Hall–Kier alpha value is -1.51. The Morgan fingerprint density at radius 1 is 1.19 bits per heavy atom. The number of rotatable bonds is 1. The molecule has 0 unspecified atom stereocenters. The molecule has 0 atom stereocenters. The molecular formula is C13H17N3. The van der Waals surface area contributed by atoms with Crippen LogP contribution in [0.4, 0.5) is 5.69 Å². The molecule has 0 radical (unpaired) electrons. The molecule has 3 nitrogen and oxygen atoms in total. The summed E-state index contributed by atoms with van der Waals surface area (Å²) in [6.45, 7) is 0. The Balaban J connectivity index is 2.01. The second-order valence-electron chi connectivity index (χ2n) is 4.70. The van der Waals surface area contributed by atoms with E-state index in [9.17, 15) is 0 Å². The number of aromatic nitrogens is 2. The average Bonchev–Trinajstić information content (AvgIpc) is 2.76. The quantitative estimate of drug-likeness (QED) is 0.718. The molecular weight excluding hydrogens is 198 g/mol. The monoisotopic (exact) mass is 215 g/mol. The van der Waals surface area contributed by atoms with Gasteiger partial charge in [0.05, 0.1) is 11.2 Å². The van der Waals surface area contributed by atoms with Gasteiger partial charge in [0.1, 0.15) is 11.3 Å². The molecule has 0 amide bonds. The average molecular weight is 215 g/mol. The number of nitrogens with zero attached hydrogens (tertiary/aromatic N) is 1. The topological polar surface area (TPSA) is 54.7 Å². The van der Waals surface area contributed by atoms with E-state index in [4.69, 9.17) is 5.73 Å². The molecule has 1 saturated carbocycles. The van der Waals surface area contributed by atoms with Crippen molar-refractivity contribution in [3.8, 4) is 0 Å². The van der Waals surface area contributed by atoms with Gasteiger partial charge in [0.2, 0.25) is 0 Å². The number of hydrogen-bond acceptors (Lipinski definition) is 2. The lowest BCUT2D eigenvalue weighted by Gasteiger charge is -2.18. The first-order valence-electron chi connectivity index (χ1n) is 6.09. The maximum absolute atomic E-state index is 5.92. The molecule has 0 spiro atoms. The predicted octanol–water partition coefficient (Wildman–Crippen LogP) is 3.19. The molecule has 16 heavy (non-hydrogen) atoms. The fourth-order valence-electron chi connectivity index (χ4n) is 2.64. The van der Waals surface area contributed by atoms with Crippen molar-refractivity contribution in [2.24, 2.45) is 0 Å². The van der Waals surface area contributed by atoms with Crippen LogP contribution in [0.5, 0.6) is 0 Å². The number of nitrogen functional groups attached to an aromatic ring is 1. The molecule has 0 bridgehead atoms. The number of imidazole rings is 1. The highest BCUT2D eigenvalue weighted by Gasteiger charge is 2.19. The Morgan fingerprint density at radius 3 is 2.75 bits per heavy atom. The third-order valence-electron chi connectivity index (χ3n) is 3.55. The van der Waals surface area contributed by atoms with Gasteiger partial charge in [0.25, 0.3) is 0 Å². The second kappa shape index (κ2) is 3.81. The molecule has 0 aliphatic heterocycles. The highest BCUT2D eigenvalue weighted by Crippen LogP contribution is 2.32. The maximum atomic E-state index is 5.92. The molecule has 1 aliphatic rings.